The summed E-state index contributed by atoms with van der Waals surface area (Å²) in [4.78, 5) is 10.7. The van der Waals surface area contributed by atoms with Gasteiger partial charge in [-0.3, -0.25) is 4.99 Å². The fraction of sp³-hybridized carbons (Fsp3) is 0.778. The van der Waals surface area contributed by atoms with Gasteiger partial charge in [0.2, 0.25) is 0 Å². The van der Waals surface area contributed by atoms with E-state index in [-0.39, 0.29) is 30.6 Å². The summed E-state index contributed by atoms with van der Waals surface area (Å²) in [5, 5.41) is 17.0. The Morgan fingerprint density at radius 1 is 1.24 bits per heavy atom. The van der Waals surface area contributed by atoms with Crippen LogP contribution in [0.1, 0.15) is 55.6 Å². The van der Waals surface area contributed by atoms with E-state index in [4.69, 9.17) is 5.11 Å². The number of aliphatic hydroxyl groups is 1. The van der Waals surface area contributed by atoms with E-state index in [2.05, 4.69) is 48.3 Å². The van der Waals surface area contributed by atoms with E-state index < -0.39 is 0 Å². The molecule has 0 radical (unpaired) electrons. The normalized spacial score (nSPS) is 12.6. The Morgan fingerprint density at radius 3 is 2.56 bits per heavy atom. The van der Waals surface area contributed by atoms with E-state index in [0.717, 1.165) is 57.7 Å². The number of thiazole rings is 1. The summed E-state index contributed by atoms with van der Waals surface area (Å²) in [6, 6.07) is 0. The van der Waals surface area contributed by atoms with Gasteiger partial charge >= 0.3 is 0 Å². The fourth-order valence-electron chi connectivity index (χ4n) is 2.69. The van der Waals surface area contributed by atoms with Gasteiger partial charge in [-0.05, 0) is 39.0 Å². The van der Waals surface area contributed by atoms with Crippen LogP contribution in [0, 0.1) is 12.8 Å². The number of halogens is 1. The first-order chi connectivity index (χ1) is 11.6. The minimum absolute atomic E-state index is 0. The maximum atomic E-state index is 9.16. The van der Waals surface area contributed by atoms with Crippen molar-refractivity contribution in [1.82, 2.24) is 15.6 Å². The van der Waals surface area contributed by atoms with Crippen LogP contribution in [0.5, 0.6) is 0 Å². The third kappa shape index (κ3) is 9.75. The monoisotopic (exact) mass is 482 g/mol. The van der Waals surface area contributed by atoms with Crippen LogP contribution in [-0.4, -0.2) is 42.3 Å². The van der Waals surface area contributed by atoms with Crippen molar-refractivity contribution >= 4 is 41.3 Å². The molecular weight excluding hydrogens is 447 g/mol. The fourth-order valence-corrected chi connectivity index (χ4v) is 3.71. The van der Waals surface area contributed by atoms with Gasteiger partial charge in [0.25, 0.3) is 0 Å². The molecule has 1 rings (SSSR count). The number of aliphatic hydroxyl groups excluding tert-OH is 1. The van der Waals surface area contributed by atoms with Gasteiger partial charge in [0.05, 0.1) is 10.7 Å². The van der Waals surface area contributed by atoms with Crippen molar-refractivity contribution in [3.8, 4) is 0 Å². The van der Waals surface area contributed by atoms with Crippen molar-refractivity contribution < 1.29 is 5.11 Å². The van der Waals surface area contributed by atoms with Crippen LogP contribution in [0.15, 0.2) is 4.99 Å². The molecule has 1 unspecified atom stereocenters. The number of aliphatic imine (C=N–C) groups is 1. The topological polar surface area (TPSA) is 69.5 Å². The third-order valence-corrected chi connectivity index (χ3v) is 5.06. The van der Waals surface area contributed by atoms with Gasteiger partial charge < -0.3 is 15.7 Å². The lowest BCUT2D eigenvalue weighted by Crippen LogP contribution is -2.38. The molecule has 146 valence electrons. The standard InChI is InChI=1S/C18H34N4OS.HI/c1-5-8-15(10-12-23)13-21-18(19-7-3)20-11-9-17-22-16(6-2)14(4)24-17;/h15,23H,5-13H2,1-4H3,(H2,19,20,21);1H. The Kier molecular flexibility index (Phi) is 14.5. The molecule has 0 aliphatic heterocycles. The van der Waals surface area contributed by atoms with Crippen molar-refractivity contribution in [1.29, 1.82) is 0 Å². The zero-order valence-corrected chi connectivity index (χ0v) is 19.2. The molecule has 1 atom stereocenters. The second-order valence-electron chi connectivity index (χ2n) is 6.03. The van der Waals surface area contributed by atoms with Crippen molar-refractivity contribution in [2.45, 2.75) is 59.8 Å². The van der Waals surface area contributed by atoms with Crippen LogP contribution < -0.4 is 10.6 Å². The molecule has 1 aromatic heterocycles. The van der Waals surface area contributed by atoms with Gasteiger partial charge in [-0.1, -0.05) is 20.3 Å². The van der Waals surface area contributed by atoms with E-state index in [1.54, 1.807) is 11.3 Å². The maximum absolute atomic E-state index is 9.16. The van der Waals surface area contributed by atoms with Crippen molar-refractivity contribution in [3.05, 3.63) is 15.6 Å². The number of nitrogens with one attached hydrogen (secondary N) is 2. The zero-order valence-electron chi connectivity index (χ0n) is 16.1. The van der Waals surface area contributed by atoms with E-state index in [1.807, 2.05) is 0 Å². The van der Waals surface area contributed by atoms with Crippen molar-refractivity contribution in [2.75, 3.05) is 26.2 Å². The molecule has 0 fully saturated rings. The maximum Gasteiger partial charge on any atom is 0.191 e. The number of hydrogen-bond acceptors (Lipinski definition) is 4. The number of guanidine groups is 1. The van der Waals surface area contributed by atoms with Crippen LogP contribution >= 0.6 is 35.3 Å². The molecule has 7 heteroatoms. The molecule has 0 aliphatic carbocycles. The molecule has 0 saturated carbocycles. The van der Waals surface area contributed by atoms with E-state index in [1.165, 1.54) is 15.6 Å². The highest BCUT2D eigenvalue weighted by Gasteiger charge is 2.08. The summed E-state index contributed by atoms with van der Waals surface area (Å²) in [6.45, 7) is 11.2. The highest BCUT2D eigenvalue weighted by molar-refractivity contribution is 14.0. The van der Waals surface area contributed by atoms with Crippen LogP contribution in [0.3, 0.4) is 0 Å². The van der Waals surface area contributed by atoms with Gasteiger partial charge in [-0.25, -0.2) is 4.98 Å². The predicted molar refractivity (Wildman–Crippen MR) is 119 cm³/mol. The highest BCUT2D eigenvalue weighted by Crippen LogP contribution is 2.18. The SMILES string of the molecule is CCCC(CCO)CN=C(NCC)NCCc1nc(CC)c(C)s1.I. The van der Waals surface area contributed by atoms with Gasteiger partial charge in [-0.15, -0.1) is 35.3 Å². The Hall–Kier alpha value is -0.410. The molecule has 5 nitrogen and oxygen atoms in total. The Bertz CT molecular complexity index is 487. The first-order valence-corrected chi connectivity index (χ1v) is 10.0. The summed E-state index contributed by atoms with van der Waals surface area (Å²) in [5.74, 6) is 1.32. The predicted octanol–water partition coefficient (Wildman–Crippen LogP) is 3.53. The molecule has 0 aromatic carbocycles. The van der Waals surface area contributed by atoms with Gasteiger partial charge in [0.1, 0.15) is 0 Å². The number of aryl methyl sites for hydroxylation is 2. The summed E-state index contributed by atoms with van der Waals surface area (Å²) in [5.41, 5.74) is 1.22. The van der Waals surface area contributed by atoms with Gasteiger partial charge in [0.15, 0.2) is 5.96 Å². The minimum atomic E-state index is 0. The Balaban J connectivity index is 0.00000576. The van der Waals surface area contributed by atoms with Gasteiger partial charge in [0, 0.05) is 37.5 Å². The Morgan fingerprint density at radius 2 is 2.00 bits per heavy atom. The summed E-state index contributed by atoms with van der Waals surface area (Å²) in [6.07, 6.45) is 5.00. The first-order valence-electron chi connectivity index (χ1n) is 9.22. The van der Waals surface area contributed by atoms with Crippen LogP contribution in [0.25, 0.3) is 0 Å². The van der Waals surface area contributed by atoms with E-state index >= 15 is 0 Å². The first kappa shape index (κ1) is 24.6. The highest BCUT2D eigenvalue weighted by atomic mass is 127. The smallest absolute Gasteiger partial charge is 0.191 e. The number of rotatable bonds is 11. The molecule has 1 aromatic rings. The minimum Gasteiger partial charge on any atom is -0.396 e. The zero-order chi connectivity index (χ0) is 17.8. The molecule has 1 heterocycles. The molecule has 0 amide bonds. The summed E-state index contributed by atoms with van der Waals surface area (Å²) >= 11 is 1.80. The average Bonchev–Trinajstić information content (AvgIpc) is 2.92. The lowest BCUT2D eigenvalue weighted by molar-refractivity contribution is 0.253. The lowest BCUT2D eigenvalue weighted by atomic mass is 10.0. The molecule has 0 aliphatic rings. The van der Waals surface area contributed by atoms with Crippen LogP contribution in [0.4, 0.5) is 0 Å². The number of hydrogen-bond donors (Lipinski definition) is 3. The lowest BCUT2D eigenvalue weighted by Gasteiger charge is -2.15. The van der Waals surface area contributed by atoms with Gasteiger partial charge in [-0.2, -0.15) is 0 Å². The quantitative estimate of drug-likeness (QED) is 0.257. The largest absolute Gasteiger partial charge is 0.396 e. The second kappa shape index (κ2) is 14.7. The van der Waals surface area contributed by atoms with Crippen molar-refractivity contribution in [3.63, 3.8) is 0 Å². The van der Waals surface area contributed by atoms with E-state index in [0.29, 0.717) is 5.92 Å². The second-order valence-corrected chi connectivity index (χ2v) is 7.32. The third-order valence-electron chi connectivity index (χ3n) is 3.99. The molecule has 0 bridgehead atoms. The van der Waals surface area contributed by atoms with E-state index in [9.17, 15) is 0 Å². The van der Waals surface area contributed by atoms with Crippen LogP contribution in [-0.2, 0) is 12.8 Å². The molecular formula is C18H35IN4OS. The molecule has 3 N–H and O–H groups in total. The molecule has 25 heavy (non-hydrogen) atoms. The van der Waals surface area contributed by atoms with Crippen LogP contribution in [0.2, 0.25) is 0 Å². The molecule has 0 spiro atoms. The molecule has 0 saturated heterocycles. The number of nitrogens with zero attached hydrogens (tertiary/aromatic N) is 2. The van der Waals surface area contributed by atoms with Crippen molar-refractivity contribution in [2.24, 2.45) is 10.9 Å². The Labute approximate surface area is 174 Å². The summed E-state index contributed by atoms with van der Waals surface area (Å²) in [7, 11) is 0. The average molecular weight is 482 g/mol. The number of aromatic nitrogens is 1. The summed E-state index contributed by atoms with van der Waals surface area (Å²) < 4.78 is 0.